The second kappa shape index (κ2) is 7.09. The highest BCUT2D eigenvalue weighted by atomic mass is 16.6. The monoisotopic (exact) mass is 381 g/mol. The maximum absolute atomic E-state index is 13.1. The molecule has 3 atom stereocenters. The van der Waals surface area contributed by atoms with Crippen LogP contribution < -0.4 is 10.6 Å². The van der Waals surface area contributed by atoms with Crippen molar-refractivity contribution in [3.8, 4) is 0 Å². The van der Waals surface area contributed by atoms with Gasteiger partial charge < -0.3 is 20.3 Å². The predicted molar refractivity (Wildman–Crippen MR) is 109 cm³/mol. The number of hydrogen-bond acceptors (Lipinski definition) is 4. The van der Waals surface area contributed by atoms with Crippen molar-refractivity contribution in [1.82, 2.24) is 10.2 Å². The molecule has 0 saturated carbocycles. The lowest BCUT2D eigenvalue weighted by Crippen LogP contribution is -2.47. The second-order valence-corrected chi connectivity index (χ2v) is 8.59. The number of benzene rings is 2. The molecule has 2 aliphatic heterocycles. The summed E-state index contributed by atoms with van der Waals surface area (Å²) in [7, 11) is 0. The number of carbonyl (C=O) groups excluding carboxylic acids is 2. The lowest BCUT2D eigenvalue weighted by molar-refractivity contribution is -0.120. The van der Waals surface area contributed by atoms with Crippen LogP contribution in [0.2, 0.25) is 0 Å². The van der Waals surface area contributed by atoms with E-state index in [1.54, 1.807) is 4.90 Å². The molecule has 2 saturated heterocycles. The molecular weight excluding hydrogens is 354 g/mol. The van der Waals surface area contributed by atoms with Crippen molar-refractivity contribution in [2.24, 2.45) is 5.92 Å². The number of nitrogens with one attached hydrogen (secondary N) is 2. The molecule has 2 amide bonds. The van der Waals surface area contributed by atoms with Crippen LogP contribution in [0.5, 0.6) is 0 Å². The number of carbonyl (C=O) groups is 2. The van der Waals surface area contributed by atoms with E-state index in [-0.39, 0.29) is 30.0 Å². The van der Waals surface area contributed by atoms with Gasteiger partial charge in [0, 0.05) is 30.2 Å². The summed E-state index contributed by atoms with van der Waals surface area (Å²) < 4.78 is 5.56. The first-order chi connectivity index (χ1) is 13.3. The van der Waals surface area contributed by atoms with E-state index in [9.17, 15) is 9.59 Å². The number of fused-ring (bicyclic) bond motifs is 2. The number of nitrogens with zero attached hydrogens (tertiary/aromatic N) is 1. The Hall–Kier alpha value is -2.60. The van der Waals surface area contributed by atoms with Gasteiger partial charge in [-0.25, -0.2) is 4.79 Å². The normalized spacial score (nSPS) is 24.2. The number of hydrogen-bond donors (Lipinski definition) is 2. The first-order valence-electron chi connectivity index (χ1n) is 9.85. The van der Waals surface area contributed by atoms with Gasteiger partial charge in [0.1, 0.15) is 5.60 Å². The van der Waals surface area contributed by atoms with E-state index < -0.39 is 5.60 Å². The third-order valence-electron chi connectivity index (χ3n) is 5.48. The Morgan fingerprint density at radius 2 is 1.89 bits per heavy atom. The maximum Gasteiger partial charge on any atom is 0.410 e. The fraction of sp³-hybridized carbons (Fsp3) is 0.455. The van der Waals surface area contributed by atoms with Crippen molar-refractivity contribution in [2.75, 3.05) is 18.4 Å². The van der Waals surface area contributed by atoms with Crippen LogP contribution in [0, 0.1) is 5.92 Å². The molecule has 3 unspecified atom stereocenters. The van der Waals surface area contributed by atoms with Crippen molar-refractivity contribution in [2.45, 2.75) is 44.9 Å². The van der Waals surface area contributed by atoms with Gasteiger partial charge in [-0.1, -0.05) is 36.4 Å². The van der Waals surface area contributed by atoms with Crippen molar-refractivity contribution in [1.29, 1.82) is 0 Å². The Bertz CT molecular complexity index is 900. The van der Waals surface area contributed by atoms with Crippen molar-refractivity contribution in [3.63, 3.8) is 0 Å². The molecule has 4 rings (SSSR count). The SMILES string of the molecule is CC(C)(C)OC(=O)N1CCC2NCC(C(=O)Nc3cccc4ccccc34)C21. The first kappa shape index (κ1) is 18.7. The molecule has 2 aliphatic rings. The van der Waals surface area contributed by atoms with E-state index in [1.165, 1.54) is 0 Å². The standard InChI is InChI=1S/C22H27N3O3/c1-22(2,3)28-21(27)25-12-11-18-19(25)16(13-23-18)20(26)24-17-10-6-8-14-7-4-5-9-15(14)17/h4-10,16,18-19,23H,11-13H2,1-3H3,(H,24,26). The highest BCUT2D eigenvalue weighted by Gasteiger charge is 2.49. The highest BCUT2D eigenvalue weighted by molar-refractivity contribution is 6.03. The van der Waals surface area contributed by atoms with Gasteiger partial charge in [-0.3, -0.25) is 4.79 Å². The van der Waals surface area contributed by atoms with Gasteiger partial charge in [-0.15, -0.1) is 0 Å². The minimum atomic E-state index is -0.554. The Kier molecular flexibility index (Phi) is 4.75. The highest BCUT2D eigenvalue weighted by Crippen LogP contribution is 2.32. The summed E-state index contributed by atoms with van der Waals surface area (Å²) in [5.74, 6) is -0.370. The summed E-state index contributed by atoms with van der Waals surface area (Å²) in [6.45, 7) is 6.74. The average Bonchev–Trinajstić information content (AvgIpc) is 3.22. The Morgan fingerprint density at radius 1 is 1.14 bits per heavy atom. The molecule has 2 heterocycles. The zero-order valence-electron chi connectivity index (χ0n) is 16.6. The molecule has 2 aromatic rings. The summed E-state index contributed by atoms with van der Waals surface area (Å²) in [6, 6.07) is 13.8. The zero-order chi connectivity index (χ0) is 19.9. The van der Waals surface area contributed by atoms with Crippen molar-refractivity contribution in [3.05, 3.63) is 42.5 Å². The fourth-order valence-corrected chi connectivity index (χ4v) is 4.28. The molecule has 0 spiro atoms. The number of ether oxygens (including phenoxy) is 1. The minimum absolute atomic E-state index is 0.0631. The van der Waals surface area contributed by atoms with Crippen LogP contribution in [0.1, 0.15) is 27.2 Å². The number of rotatable bonds is 2. The molecule has 2 aromatic carbocycles. The van der Waals surface area contributed by atoms with E-state index in [0.29, 0.717) is 13.1 Å². The summed E-state index contributed by atoms with van der Waals surface area (Å²) >= 11 is 0. The molecule has 2 N–H and O–H groups in total. The quantitative estimate of drug-likeness (QED) is 0.837. The number of amides is 2. The van der Waals surface area contributed by atoms with Gasteiger partial charge in [0.2, 0.25) is 5.91 Å². The molecule has 0 bridgehead atoms. The summed E-state index contributed by atoms with van der Waals surface area (Å²) in [6.07, 6.45) is 0.494. The average molecular weight is 381 g/mol. The molecular formula is C22H27N3O3. The molecule has 0 radical (unpaired) electrons. The van der Waals surface area contributed by atoms with Gasteiger partial charge in [0.05, 0.1) is 12.0 Å². The van der Waals surface area contributed by atoms with Gasteiger partial charge in [0.25, 0.3) is 0 Å². The zero-order valence-corrected chi connectivity index (χ0v) is 16.6. The largest absolute Gasteiger partial charge is 0.444 e. The van der Waals surface area contributed by atoms with Crippen molar-refractivity contribution >= 4 is 28.5 Å². The number of anilines is 1. The molecule has 6 heteroatoms. The van der Waals surface area contributed by atoms with Gasteiger partial charge in [-0.05, 0) is 38.6 Å². The van der Waals surface area contributed by atoms with E-state index in [4.69, 9.17) is 4.74 Å². The van der Waals surface area contributed by atoms with Gasteiger partial charge >= 0.3 is 6.09 Å². The fourth-order valence-electron chi connectivity index (χ4n) is 4.28. The van der Waals surface area contributed by atoms with Gasteiger partial charge in [-0.2, -0.15) is 0 Å². The lowest BCUT2D eigenvalue weighted by atomic mass is 9.98. The molecule has 0 aliphatic carbocycles. The van der Waals surface area contributed by atoms with Crippen LogP contribution in [0.4, 0.5) is 10.5 Å². The predicted octanol–water partition coefficient (Wildman–Crippen LogP) is 3.38. The third-order valence-corrected chi connectivity index (χ3v) is 5.48. The first-order valence-corrected chi connectivity index (χ1v) is 9.85. The van der Waals surface area contributed by atoms with Gasteiger partial charge in [0.15, 0.2) is 0 Å². The van der Waals surface area contributed by atoms with E-state index in [2.05, 4.69) is 10.6 Å². The van der Waals surface area contributed by atoms with Crippen LogP contribution in [0.25, 0.3) is 10.8 Å². The Labute approximate surface area is 165 Å². The summed E-state index contributed by atoms with van der Waals surface area (Å²) in [5.41, 5.74) is 0.246. The van der Waals surface area contributed by atoms with Crippen LogP contribution >= 0.6 is 0 Å². The molecule has 2 fully saturated rings. The van der Waals surface area contributed by atoms with Crippen LogP contribution in [-0.2, 0) is 9.53 Å². The maximum atomic E-state index is 13.1. The molecule has 148 valence electrons. The molecule has 6 nitrogen and oxygen atoms in total. The summed E-state index contributed by atoms with van der Waals surface area (Å²) in [4.78, 5) is 27.5. The summed E-state index contributed by atoms with van der Waals surface area (Å²) in [5, 5.41) is 8.59. The van der Waals surface area contributed by atoms with Crippen molar-refractivity contribution < 1.29 is 14.3 Å². The molecule has 0 aromatic heterocycles. The second-order valence-electron chi connectivity index (χ2n) is 8.59. The van der Waals surface area contributed by atoms with Crippen LogP contribution in [-0.4, -0.2) is 47.7 Å². The van der Waals surface area contributed by atoms with E-state index >= 15 is 0 Å². The van der Waals surface area contributed by atoms with Crippen LogP contribution in [0.3, 0.4) is 0 Å². The Balaban J connectivity index is 1.53. The smallest absolute Gasteiger partial charge is 0.410 e. The minimum Gasteiger partial charge on any atom is -0.444 e. The third kappa shape index (κ3) is 3.56. The molecule has 28 heavy (non-hydrogen) atoms. The van der Waals surface area contributed by atoms with Crippen LogP contribution in [0.15, 0.2) is 42.5 Å². The van der Waals surface area contributed by atoms with E-state index in [1.807, 2.05) is 63.2 Å². The Morgan fingerprint density at radius 3 is 2.68 bits per heavy atom. The van der Waals surface area contributed by atoms with E-state index in [0.717, 1.165) is 22.9 Å². The lowest BCUT2D eigenvalue weighted by Gasteiger charge is -2.30. The topological polar surface area (TPSA) is 70.7 Å². The number of likely N-dealkylation sites (tertiary alicyclic amines) is 1.